The van der Waals surface area contributed by atoms with Crippen LogP contribution in [-0.4, -0.2) is 77.0 Å². The summed E-state index contributed by atoms with van der Waals surface area (Å²) in [4.78, 5) is 4.57. The highest BCUT2D eigenvalue weighted by Crippen LogP contribution is 2.33. The van der Waals surface area contributed by atoms with Crippen LogP contribution in [0.3, 0.4) is 0 Å². The number of anilines is 2. The van der Waals surface area contributed by atoms with Crippen LogP contribution in [0.15, 0.2) is 36.4 Å². The zero-order chi connectivity index (χ0) is 22.4. The van der Waals surface area contributed by atoms with Crippen LogP contribution in [0.2, 0.25) is 10.0 Å². The van der Waals surface area contributed by atoms with Crippen molar-refractivity contribution < 1.29 is 18.9 Å². The maximum atomic E-state index is 6.73. The quantitative estimate of drug-likeness (QED) is 0.422. The Morgan fingerprint density at radius 1 is 0.606 bits per heavy atom. The molecule has 0 N–H and O–H groups in total. The van der Waals surface area contributed by atoms with Gasteiger partial charge in [-0.1, -0.05) is 35.3 Å². The van der Waals surface area contributed by atoms with E-state index in [1.165, 1.54) is 0 Å². The van der Waals surface area contributed by atoms with Gasteiger partial charge in [0, 0.05) is 26.2 Å². The summed E-state index contributed by atoms with van der Waals surface area (Å²) in [5, 5.41) is 1.52. The third-order valence-electron chi connectivity index (χ3n) is 6.42. The summed E-state index contributed by atoms with van der Waals surface area (Å²) in [6, 6.07) is 12.7. The number of benzene rings is 2. The second-order valence-electron chi connectivity index (χ2n) is 9.38. The van der Waals surface area contributed by atoms with Crippen LogP contribution in [0, 0.1) is 0 Å². The number of rotatable bonds is 12. The summed E-state index contributed by atoms with van der Waals surface area (Å²) in [6.45, 7) is 6.71. The van der Waals surface area contributed by atoms with Gasteiger partial charge in [-0.3, -0.25) is 0 Å². The highest BCUT2D eigenvalue weighted by Gasteiger charge is 2.33. The van der Waals surface area contributed by atoms with Crippen molar-refractivity contribution in [2.75, 3.05) is 62.4 Å². The third-order valence-corrected chi connectivity index (χ3v) is 7.02. The van der Waals surface area contributed by atoms with Crippen LogP contribution >= 0.6 is 23.2 Å². The molecule has 176 valence electrons. The van der Waals surface area contributed by atoms with Crippen molar-refractivity contribution in [3.8, 4) is 0 Å². The lowest BCUT2D eigenvalue weighted by atomic mass is 10.0. The third kappa shape index (κ3) is 5.94. The smallest absolute Gasteiger partial charge is 0.0984 e. The fourth-order valence-electron chi connectivity index (χ4n) is 4.29. The van der Waals surface area contributed by atoms with E-state index in [9.17, 15) is 0 Å². The minimum absolute atomic E-state index is 0.303. The summed E-state index contributed by atoms with van der Waals surface area (Å²) < 4.78 is 21.7. The molecule has 4 atom stereocenters. The molecule has 2 aromatic rings. The lowest BCUT2D eigenvalue weighted by Gasteiger charge is -2.25. The van der Waals surface area contributed by atoms with Gasteiger partial charge in [0.2, 0.25) is 0 Å². The lowest BCUT2D eigenvalue weighted by molar-refractivity contribution is 0.388. The first kappa shape index (κ1) is 22.0. The van der Waals surface area contributed by atoms with Crippen LogP contribution in [0.1, 0.15) is 11.1 Å². The summed E-state index contributed by atoms with van der Waals surface area (Å²) >= 11 is 13.5. The molecular formula is C25H28Cl2N2O4. The highest BCUT2D eigenvalue weighted by atomic mass is 35.5. The predicted octanol–water partition coefficient (Wildman–Crippen LogP) is 3.79. The standard InChI is InChI=1S/C25H28Cl2N2O4/c26-22-6-16(1-3-24(22)28(8-18-12-30-18)9-19-13-31-19)5-17-2-4-25(23(27)7-17)29(10-20-14-32-20)11-21-15-33-21/h1-4,6-7,18-21H,5,8-15H2. The van der Waals surface area contributed by atoms with Crippen LogP contribution in [0.5, 0.6) is 0 Å². The Morgan fingerprint density at radius 2 is 0.939 bits per heavy atom. The molecule has 0 saturated carbocycles. The summed E-state index contributed by atoms with van der Waals surface area (Å²) in [7, 11) is 0. The molecule has 0 spiro atoms. The van der Waals surface area contributed by atoms with Crippen LogP contribution in [0.4, 0.5) is 11.4 Å². The van der Waals surface area contributed by atoms with Gasteiger partial charge in [-0.25, -0.2) is 0 Å². The fraction of sp³-hybridized carbons (Fsp3) is 0.520. The van der Waals surface area contributed by atoms with E-state index >= 15 is 0 Å². The molecule has 6 nitrogen and oxygen atoms in total. The van der Waals surface area contributed by atoms with Crippen molar-refractivity contribution in [1.29, 1.82) is 0 Å². The van der Waals surface area contributed by atoms with E-state index in [0.717, 1.165) is 91.6 Å². The molecule has 0 aliphatic carbocycles. The van der Waals surface area contributed by atoms with E-state index in [4.69, 9.17) is 42.1 Å². The van der Waals surface area contributed by atoms with E-state index < -0.39 is 0 Å². The molecule has 6 rings (SSSR count). The largest absolute Gasteiger partial charge is 0.371 e. The number of halogens is 2. The monoisotopic (exact) mass is 490 g/mol. The van der Waals surface area contributed by atoms with Crippen molar-refractivity contribution in [2.24, 2.45) is 0 Å². The molecule has 0 amide bonds. The number of hydrogen-bond donors (Lipinski definition) is 0. The summed E-state index contributed by atoms with van der Waals surface area (Å²) in [5.74, 6) is 0. The van der Waals surface area contributed by atoms with E-state index in [1.807, 2.05) is 0 Å². The Kier molecular flexibility index (Phi) is 6.15. The highest BCUT2D eigenvalue weighted by molar-refractivity contribution is 6.33. The van der Waals surface area contributed by atoms with Gasteiger partial charge in [0.15, 0.2) is 0 Å². The Bertz CT molecular complexity index is 898. The van der Waals surface area contributed by atoms with Gasteiger partial charge >= 0.3 is 0 Å². The van der Waals surface area contributed by atoms with Crippen LogP contribution in [0.25, 0.3) is 0 Å². The molecule has 4 unspecified atom stereocenters. The summed E-state index contributed by atoms with van der Waals surface area (Å²) in [5.41, 5.74) is 4.40. The Balaban J connectivity index is 1.15. The summed E-state index contributed by atoms with van der Waals surface area (Å²) in [6.07, 6.45) is 1.99. The van der Waals surface area contributed by atoms with Gasteiger partial charge in [0.1, 0.15) is 0 Å². The zero-order valence-corrected chi connectivity index (χ0v) is 19.9. The molecule has 0 aromatic heterocycles. The normalized spacial score (nSPS) is 26.7. The first-order chi connectivity index (χ1) is 16.1. The first-order valence-electron chi connectivity index (χ1n) is 11.6. The van der Waals surface area contributed by atoms with Crippen LogP contribution in [-0.2, 0) is 25.4 Å². The minimum atomic E-state index is 0.303. The number of hydrogen-bond acceptors (Lipinski definition) is 6. The Hall–Kier alpha value is -1.54. The van der Waals surface area contributed by atoms with E-state index in [-0.39, 0.29) is 0 Å². The molecule has 0 bridgehead atoms. The molecule has 4 heterocycles. The SMILES string of the molecule is Clc1cc(Cc2ccc(N(CC3CO3)CC3CO3)c(Cl)c2)ccc1N(CC1CO1)CC1CO1. The molecule has 4 fully saturated rings. The number of nitrogens with zero attached hydrogens (tertiary/aromatic N) is 2. The van der Waals surface area contributed by atoms with E-state index in [0.29, 0.717) is 24.4 Å². The van der Waals surface area contributed by atoms with Gasteiger partial charge in [-0.2, -0.15) is 0 Å². The minimum Gasteiger partial charge on any atom is -0.371 e. The number of epoxide rings is 4. The Morgan fingerprint density at radius 3 is 1.21 bits per heavy atom. The molecule has 33 heavy (non-hydrogen) atoms. The maximum absolute atomic E-state index is 6.73. The van der Waals surface area contributed by atoms with Crippen molar-refractivity contribution >= 4 is 34.6 Å². The molecule has 4 saturated heterocycles. The van der Waals surface area contributed by atoms with Gasteiger partial charge in [-0.15, -0.1) is 0 Å². The zero-order valence-electron chi connectivity index (χ0n) is 18.4. The average molecular weight is 491 g/mol. The maximum Gasteiger partial charge on any atom is 0.0984 e. The van der Waals surface area contributed by atoms with Crippen molar-refractivity contribution in [1.82, 2.24) is 0 Å². The van der Waals surface area contributed by atoms with Gasteiger partial charge in [-0.05, 0) is 41.8 Å². The number of ether oxygens (including phenoxy) is 4. The molecule has 4 aliphatic rings. The molecule has 8 heteroatoms. The average Bonchev–Trinajstić information content (AvgIpc) is 3.58. The van der Waals surface area contributed by atoms with Crippen molar-refractivity contribution in [3.05, 3.63) is 57.6 Å². The van der Waals surface area contributed by atoms with Crippen molar-refractivity contribution in [2.45, 2.75) is 30.8 Å². The second kappa shape index (κ2) is 9.25. The lowest BCUT2D eigenvalue weighted by Crippen LogP contribution is -2.31. The molecular weight excluding hydrogens is 463 g/mol. The van der Waals surface area contributed by atoms with Crippen LogP contribution < -0.4 is 9.80 Å². The Labute approximate surface area is 204 Å². The fourth-order valence-corrected chi connectivity index (χ4v) is 4.93. The molecule has 0 radical (unpaired) electrons. The predicted molar refractivity (Wildman–Crippen MR) is 129 cm³/mol. The van der Waals surface area contributed by atoms with Crippen molar-refractivity contribution in [3.63, 3.8) is 0 Å². The molecule has 2 aromatic carbocycles. The van der Waals surface area contributed by atoms with Gasteiger partial charge in [0.25, 0.3) is 0 Å². The van der Waals surface area contributed by atoms with Gasteiger partial charge in [0.05, 0.1) is 72.3 Å². The topological polar surface area (TPSA) is 56.6 Å². The van der Waals surface area contributed by atoms with E-state index in [1.54, 1.807) is 0 Å². The first-order valence-corrected chi connectivity index (χ1v) is 12.4. The second-order valence-corrected chi connectivity index (χ2v) is 10.2. The van der Waals surface area contributed by atoms with E-state index in [2.05, 4.69) is 46.2 Å². The van der Waals surface area contributed by atoms with Gasteiger partial charge < -0.3 is 28.7 Å². The molecule has 4 aliphatic heterocycles.